The summed E-state index contributed by atoms with van der Waals surface area (Å²) in [6, 6.07) is 13.3. The lowest BCUT2D eigenvalue weighted by Gasteiger charge is -2.07. The molecule has 0 aromatic heterocycles. The fraction of sp³-hybridized carbons (Fsp3) is 0.118. The van der Waals surface area contributed by atoms with Crippen LogP contribution < -0.4 is 5.32 Å². The Hall–Kier alpha value is -2.22. The molecular formula is C17H14INO4. The van der Waals surface area contributed by atoms with Crippen LogP contribution in [0.2, 0.25) is 0 Å². The van der Waals surface area contributed by atoms with E-state index in [4.69, 9.17) is 4.74 Å². The van der Waals surface area contributed by atoms with Crippen LogP contribution in [0.5, 0.6) is 0 Å². The third-order valence-electron chi connectivity index (χ3n) is 2.99. The van der Waals surface area contributed by atoms with Gasteiger partial charge in [0.15, 0.2) is 12.4 Å². The summed E-state index contributed by atoms with van der Waals surface area (Å²) < 4.78 is 5.96. The van der Waals surface area contributed by atoms with Crippen LogP contribution in [0.1, 0.15) is 27.6 Å². The smallest absolute Gasteiger partial charge is 0.338 e. The number of benzene rings is 2. The number of anilines is 1. The van der Waals surface area contributed by atoms with E-state index in [9.17, 15) is 14.4 Å². The zero-order valence-corrected chi connectivity index (χ0v) is 14.5. The molecule has 118 valence electrons. The van der Waals surface area contributed by atoms with E-state index in [1.165, 1.54) is 6.92 Å². The predicted molar refractivity (Wildman–Crippen MR) is 94.5 cm³/mol. The van der Waals surface area contributed by atoms with Gasteiger partial charge in [-0.1, -0.05) is 0 Å². The van der Waals surface area contributed by atoms with Gasteiger partial charge in [0.2, 0.25) is 0 Å². The topological polar surface area (TPSA) is 72.5 Å². The Labute approximate surface area is 147 Å². The average molecular weight is 423 g/mol. The minimum absolute atomic E-state index is 0.0469. The first kappa shape index (κ1) is 17.1. The van der Waals surface area contributed by atoms with Crippen LogP contribution >= 0.6 is 22.6 Å². The van der Waals surface area contributed by atoms with Crippen LogP contribution in [-0.4, -0.2) is 24.3 Å². The first-order valence-electron chi connectivity index (χ1n) is 6.79. The monoisotopic (exact) mass is 423 g/mol. The lowest BCUT2D eigenvalue weighted by molar-refractivity contribution is -0.119. The third-order valence-corrected chi connectivity index (χ3v) is 3.71. The van der Waals surface area contributed by atoms with Crippen LogP contribution in [0, 0.1) is 3.57 Å². The molecule has 0 spiro atoms. The number of Topliss-reactive ketones (excluding diaryl/α,β-unsaturated/α-hetero) is 1. The maximum atomic E-state index is 11.8. The van der Waals surface area contributed by atoms with Crippen LogP contribution in [0.25, 0.3) is 0 Å². The normalized spacial score (nSPS) is 10.0. The molecule has 0 unspecified atom stereocenters. The Bertz CT molecular complexity index is 723. The van der Waals surface area contributed by atoms with Crippen LogP contribution in [0.4, 0.5) is 5.69 Å². The summed E-state index contributed by atoms with van der Waals surface area (Å²) >= 11 is 2.13. The third kappa shape index (κ3) is 5.17. The van der Waals surface area contributed by atoms with Crippen molar-refractivity contribution >= 4 is 45.9 Å². The molecule has 0 bridgehead atoms. The minimum Gasteiger partial charge on any atom is -0.452 e. The van der Waals surface area contributed by atoms with Crippen molar-refractivity contribution in [2.24, 2.45) is 0 Å². The quantitative estimate of drug-likeness (QED) is 0.455. The summed E-state index contributed by atoms with van der Waals surface area (Å²) in [5.41, 5.74) is 1.49. The van der Waals surface area contributed by atoms with Gasteiger partial charge in [0, 0.05) is 14.8 Å². The zero-order chi connectivity index (χ0) is 16.8. The highest BCUT2D eigenvalue weighted by Gasteiger charge is 2.10. The molecule has 0 radical (unpaired) electrons. The summed E-state index contributed by atoms with van der Waals surface area (Å²) in [7, 11) is 0. The van der Waals surface area contributed by atoms with E-state index in [-0.39, 0.29) is 12.4 Å². The van der Waals surface area contributed by atoms with Gasteiger partial charge in [0.1, 0.15) is 0 Å². The van der Waals surface area contributed by atoms with Gasteiger partial charge >= 0.3 is 5.97 Å². The van der Waals surface area contributed by atoms with E-state index in [1.807, 2.05) is 0 Å². The molecule has 0 atom stereocenters. The Kier molecular flexibility index (Phi) is 5.86. The van der Waals surface area contributed by atoms with E-state index in [0.29, 0.717) is 16.8 Å². The van der Waals surface area contributed by atoms with Gasteiger partial charge in [-0.15, -0.1) is 0 Å². The summed E-state index contributed by atoms with van der Waals surface area (Å²) in [4.78, 5) is 34.7. The van der Waals surface area contributed by atoms with E-state index in [2.05, 4.69) is 27.9 Å². The van der Waals surface area contributed by atoms with Gasteiger partial charge in [-0.3, -0.25) is 9.59 Å². The molecule has 2 aromatic carbocycles. The van der Waals surface area contributed by atoms with E-state index < -0.39 is 11.9 Å². The van der Waals surface area contributed by atoms with Crippen LogP contribution in [0.15, 0.2) is 48.5 Å². The second-order valence-corrected chi connectivity index (χ2v) is 6.01. The molecule has 0 aliphatic carbocycles. The van der Waals surface area contributed by atoms with Crippen LogP contribution in [-0.2, 0) is 9.53 Å². The van der Waals surface area contributed by atoms with E-state index in [1.54, 1.807) is 48.5 Å². The molecule has 6 heteroatoms. The molecule has 0 heterocycles. The second-order valence-electron chi connectivity index (χ2n) is 4.76. The number of halogens is 1. The van der Waals surface area contributed by atoms with Crippen molar-refractivity contribution in [3.8, 4) is 0 Å². The Morgan fingerprint density at radius 2 is 1.52 bits per heavy atom. The molecule has 1 N–H and O–H groups in total. The van der Waals surface area contributed by atoms with Crippen molar-refractivity contribution in [3.05, 3.63) is 63.2 Å². The highest BCUT2D eigenvalue weighted by Crippen LogP contribution is 2.11. The number of ketones is 1. The maximum absolute atomic E-state index is 11.8. The fourth-order valence-electron chi connectivity index (χ4n) is 1.79. The first-order valence-corrected chi connectivity index (χ1v) is 7.87. The Balaban J connectivity index is 1.86. The summed E-state index contributed by atoms with van der Waals surface area (Å²) in [5, 5.41) is 2.60. The Morgan fingerprint density at radius 3 is 2.09 bits per heavy atom. The second kappa shape index (κ2) is 7.87. The molecule has 0 saturated heterocycles. The molecule has 0 fully saturated rings. The van der Waals surface area contributed by atoms with Gasteiger partial charge in [-0.05, 0) is 78.0 Å². The standard InChI is InChI=1S/C17H14INO4/c1-11(20)12-4-8-15(9-5-12)19-16(21)10-23-17(22)13-2-6-14(18)7-3-13/h2-9H,10H2,1H3,(H,19,21). The molecule has 2 rings (SSSR count). The number of esters is 1. The number of rotatable bonds is 5. The van der Waals surface area contributed by atoms with Gasteiger partial charge in [0.25, 0.3) is 5.91 Å². The predicted octanol–water partition coefficient (Wildman–Crippen LogP) is 3.29. The van der Waals surface area contributed by atoms with E-state index >= 15 is 0 Å². The van der Waals surface area contributed by atoms with Crippen molar-refractivity contribution in [3.63, 3.8) is 0 Å². The lowest BCUT2D eigenvalue weighted by atomic mass is 10.1. The molecular weight excluding hydrogens is 409 g/mol. The number of amides is 1. The molecule has 0 saturated carbocycles. The number of carbonyl (C=O) groups excluding carboxylic acids is 3. The molecule has 0 aliphatic heterocycles. The number of hydrogen-bond donors (Lipinski definition) is 1. The molecule has 2 aromatic rings. The molecule has 1 amide bonds. The van der Waals surface area contributed by atoms with E-state index in [0.717, 1.165) is 3.57 Å². The van der Waals surface area contributed by atoms with Gasteiger partial charge < -0.3 is 10.1 Å². The number of ether oxygens (including phenoxy) is 1. The van der Waals surface area contributed by atoms with Gasteiger partial charge in [-0.25, -0.2) is 4.79 Å². The molecule has 5 nitrogen and oxygen atoms in total. The maximum Gasteiger partial charge on any atom is 0.338 e. The van der Waals surface area contributed by atoms with Crippen molar-refractivity contribution in [2.75, 3.05) is 11.9 Å². The summed E-state index contributed by atoms with van der Waals surface area (Å²) in [6.07, 6.45) is 0. The van der Waals surface area contributed by atoms with Crippen LogP contribution in [0.3, 0.4) is 0 Å². The Morgan fingerprint density at radius 1 is 0.957 bits per heavy atom. The number of carbonyl (C=O) groups is 3. The van der Waals surface area contributed by atoms with Crippen molar-refractivity contribution in [2.45, 2.75) is 6.92 Å². The van der Waals surface area contributed by atoms with Gasteiger partial charge in [-0.2, -0.15) is 0 Å². The van der Waals surface area contributed by atoms with Crippen molar-refractivity contribution in [1.82, 2.24) is 0 Å². The summed E-state index contributed by atoms with van der Waals surface area (Å²) in [5.74, 6) is -1.04. The first-order chi connectivity index (χ1) is 11.0. The average Bonchev–Trinajstić information content (AvgIpc) is 2.54. The number of nitrogens with one attached hydrogen (secondary N) is 1. The molecule has 23 heavy (non-hydrogen) atoms. The highest BCUT2D eigenvalue weighted by molar-refractivity contribution is 14.1. The largest absolute Gasteiger partial charge is 0.452 e. The highest BCUT2D eigenvalue weighted by atomic mass is 127. The zero-order valence-electron chi connectivity index (χ0n) is 12.3. The lowest BCUT2D eigenvalue weighted by Crippen LogP contribution is -2.20. The number of hydrogen-bond acceptors (Lipinski definition) is 4. The summed E-state index contributed by atoms with van der Waals surface area (Å²) in [6.45, 7) is 1.09. The van der Waals surface area contributed by atoms with Crippen molar-refractivity contribution in [1.29, 1.82) is 0 Å². The fourth-order valence-corrected chi connectivity index (χ4v) is 2.15. The SMILES string of the molecule is CC(=O)c1ccc(NC(=O)COC(=O)c2ccc(I)cc2)cc1. The van der Waals surface area contributed by atoms with Gasteiger partial charge in [0.05, 0.1) is 5.56 Å². The minimum atomic E-state index is -0.552. The molecule has 0 aliphatic rings. The van der Waals surface area contributed by atoms with Crippen molar-refractivity contribution < 1.29 is 19.1 Å².